The fraction of sp³-hybridized carbons (Fsp3) is 0.600. The predicted octanol–water partition coefficient (Wildman–Crippen LogP) is 2.09. The summed E-state index contributed by atoms with van der Waals surface area (Å²) in [5.41, 5.74) is 0.851. The van der Waals surface area contributed by atoms with E-state index in [9.17, 15) is 0 Å². The maximum Gasteiger partial charge on any atom is 0.126 e. The lowest BCUT2D eigenvalue weighted by Gasteiger charge is -2.01. The number of H-pyrrole nitrogens is 1. The molecule has 0 amide bonds. The lowest BCUT2D eigenvalue weighted by atomic mass is 10.1. The van der Waals surface area contributed by atoms with Crippen LogP contribution in [0, 0.1) is 11.3 Å². The first-order chi connectivity index (χ1) is 6.18. The molecule has 2 rings (SSSR count). The van der Waals surface area contributed by atoms with Crippen LogP contribution in [0.1, 0.15) is 44.1 Å². The quantitative estimate of drug-likeness (QED) is 0.748. The van der Waals surface area contributed by atoms with Gasteiger partial charge in [-0.3, -0.25) is 0 Å². The predicted molar refractivity (Wildman–Crippen MR) is 49.2 cm³/mol. The van der Waals surface area contributed by atoms with E-state index in [-0.39, 0.29) is 5.41 Å². The molecule has 1 aromatic heterocycles. The number of imidazole rings is 1. The molecule has 0 unspecified atom stereocenters. The fourth-order valence-electron chi connectivity index (χ4n) is 1.40. The molecule has 1 aliphatic rings. The van der Waals surface area contributed by atoms with Crippen LogP contribution < -0.4 is 0 Å². The van der Waals surface area contributed by atoms with Crippen LogP contribution in [0.15, 0.2) is 6.20 Å². The van der Waals surface area contributed by atoms with Crippen molar-refractivity contribution < 1.29 is 0 Å². The fourth-order valence-corrected chi connectivity index (χ4v) is 1.40. The summed E-state index contributed by atoms with van der Waals surface area (Å²) in [4.78, 5) is 7.50. The Balaban J connectivity index is 2.29. The second-order valence-corrected chi connectivity index (χ2v) is 4.04. The van der Waals surface area contributed by atoms with Gasteiger partial charge in [-0.25, -0.2) is 4.98 Å². The van der Waals surface area contributed by atoms with E-state index in [0.29, 0.717) is 5.92 Å². The summed E-state index contributed by atoms with van der Waals surface area (Å²) in [5, 5.41) is 8.95. The van der Waals surface area contributed by atoms with Gasteiger partial charge in [0.1, 0.15) is 11.2 Å². The highest BCUT2D eigenvalue weighted by atomic mass is 15.0. The number of rotatable bonds is 2. The zero-order valence-electron chi connectivity index (χ0n) is 7.96. The van der Waals surface area contributed by atoms with Gasteiger partial charge in [-0.05, 0) is 18.8 Å². The molecule has 0 radical (unpaired) electrons. The second-order valence-electron chi connectivity index (χ2n) is 4.04. The Morgan fingerprint density at radius 3 is 2.69 bits per heavy atom. The second kappa shape index (κ2) is 2.59. The maximum atomic E-state index is 8.95. The van der Waals surface area contributed by atoms with Crippen LogP contribution >= 0.6 is 0 Å². The van der Waals surface area contributed by atoms with Crippen molar-refractivity contribution in [2.75, 3.05) is 0 Å². The first-order valence-electron chi connectivity index (χ1n) is 4.64. The van der Waals surface area contributed by atoms with Crippen LogP contribution in [0.4, 0.5) is 0 Å². The van der Waals surface area contributed by atoms with Gasteiger partial charge < -0.3 is 4.98 Å². The summed E-state index contributed by atoms with van der Waals surface area (Å²) >= 11 is 0. The van der Waals surface area contributed by atoms with E-state index in [4.69, 9.17) is 5.26 Å². The van der Waals surface area contributed by atoms with Crippen molar-refractivity contribution in [1.29, 1.82) is 5.26 Å². The molecule has 1 aliphatic carbocycles. The van der Waals surface area contributed by atoms with Gasteiger partial charge in [-0.1, -0.05) is 13.8 Å². The van der Waals surface area contributed by atoms with Crippen LogP contribution in [0.25, 0.3) is 0 Å². The molecule has 1 N–H and O–H groups in total. The molecular weight excluding hydrogens is 162 g/mol. The van der Waals surface area contributed by atoms with Gasteiger partial charge in [-0.15, -0.1) is 0 Å². The van der Waals surface area contributed by atoms with Gasteiger partial charge in [0.25, 0.3) is 0 Å². The van der Waals surface area contributed by atoms with Gasteiger partial charge in [0.2, 0.25) is 0 Å². The van der Waals surface area contributed by atoms with Gasteiger partial charge in [0.05, 0.1) is 6.07 Å². The largest absolute Gasteiger partial charge is 0.344 e. The molecule has 13 heavy (non-hydrogen) atoms. The lowest BCUT2D eigenvalue weighted by Crippen LogP contribution is -2.05. The van der Waals surface area contributed by atoms with Crippen molar-refractivity contribution in [2.45, 2.75) is 38.0 Å². The third-order valence-electron chi connectivity index (χ3n) is 2.63. The number of nitrogens with zero attached hydrogens (tertiary/aromatic N) is 2. The summed E-state index contributed by atoms with van der Waals surface area (Å²) in [7, 11) is 0. The number of hydrogen-bond donors (Lipinski definition) is 1. The van der Waals surface area contributed by atoms with Crippen molar-refractivity contribution in [1.82, 2.24) is 9.97 Å². The summed E-state index contributed by atoms with van der Waals surface area (Å²) in [6.07, 6.45) is 3.75. The molecule has 0 spiro atoms. The minimum Gasteiger partial charge on any atom is -0.344 e. The van der Waals surface area contributed by atoms with Crippen LogP contribution in [-0.2, 0) is 5.41 Å². The zero-order valence-corrected chi connectivity index (χ0v) is 7.96. The standard InChI is InChI=1S/C10H13N3/c1-7(2)8-5-12-9(13-8)10(6-11)3-4-10/h5,7H,3-4H2,1-2H3,(H,12,13). The number of aromatic nitrogens is 2. The number of hydrogen-bond acceptors (Lipinski definition) is 2. The highest BCUT2D eigenvalue weighted by Crippen LogP contribution is 2.46. The Labute approximate surface area is 77.8 Å². The minimum absolute atomic E-state index is 0.271. The van der Waals surface area contributed by atoms with E-state index in [1.54, 1.807) is 0 Å². The monoisotopic (exact) mass is 175 g/mol. The zero-order chi connectivity index (χ0) is 9.47. The van der Waals surface area contributed by atoms with Crippen molar-refractivity contribution in [2.24, 2.45) is 0 Å². The van der Waals surface area contributed by atoms with E-state index >= 15 is 0 Å². The first kappa shape index (κ1) is 8.31. The molecule has 68 valence electrons. The first-order valence-corrected chi connectivity index (χ1v) is 4.64. The highest BCUT2D eigenvalue weighted by Gasteiger charge is 2.47. The molecule has 0 atom stereocenters. The summed E-state index contributed by atoms with van der Waals surface area (Å²) in [6.45, 7) is 4.23. The van der Waals surface area contributed by atoms with E-state index in [2.05, 4.69) is 29.9 Å². The van der Waals surface area contributed by atoms with Crippen LogP contribution in [0.5, 0.6) is 0 Å². The van der Waals surface area contributed by atoms with E-state index in [0.717, 1.165) is 24.4 Å². The maximum absolute atomic E-state index is 8.95. The normalized spacial score (nSPS) is 18.6. The van der Waals surface area contributed by atoms with Crippen LogP contribution in [0.2, 0.25) is 0 Å². The number of nitrogens with one attached hydrogen (secondary N) is 1. The van der Waals surface area contributed by atoms with E-state index in [1.165, 1.54) is 0 Å². The summed E-state index contributed by atoms with van der Waals surface area (Å²) in [6, 6.07) is 2.33. The van der Waals surface area contributed by atoms with Crippen molar-refractivity contribution in [3.63, 3.8) is 0 Å². The molecule has 1 heterocycles. The van der Waals surface area contributed by atoms with E-state index in [1.807, 2.05) is 6.20 Å². The molecule has 3 nitrogen and oxygen atoms in total. The molecule has 1 fully saturated rings. The highest BCUT2D eigenvalue weighted by molar-refractivity contribution is 5.30. The summed E-state index contributed by atoms with van der Waals surface area (Å²) in [5.74, 6) is 1.31. The average Bonchev–Trinajstić information content (AvgIpc) is 2.75. The van der Waals surface area contributed by atoms with Crippen LogP contribution in [-0.4, -0.2) is 9.97 Å². The van der Waals surface area contributed by atoms with E-state index < -0.39 is 0 Å². The Hall–Kier alpha value is -1.30. The molecule has 3 heteroatoms. The Bertz CT molecular complexity index is 352. The van der Waals surface area contributed by atoms with Gasteiger partial charge in [0, 0.05) is 11.9 Å². The molecule has 1 aromatic rings. The van der Waals surface area contributed by atoms with Crippen molar-refractivity contribution in [3.8, 4) is 6.07 Å². The topological polar surface area (TPSA) is 52.5 Å². The average molecular weight is 175 g/mol. The van der Waals surface area contributed by atoms with Gasteiger partial charge >= 0.3 is 0 Å². The van der Waals surface area contributed by atoms with Crippen LogP contribution in [0.3, 0.4) is 0 Å². The van der Waals surface area contributed by atoms with Gasteiger partial charge in [-0.2, -0.15) is 5.26 Å². The number of aromatic amines is 1. The number of nitriles is 1. The lowest BCUT2D eigenvalue weighted by molar-refractivity contribution is 0.786. The van der Waals surface area contributed by atoms with Gasteiger partial charge in [0.15, 0.2) is 0 Å². The molecule has 1 saturated carbocycles. The summed E-state index contributed by atoms with van der Waals surface area (Å²) < 4.78 is 0. The van der Waals surface area contributed by atoms with Crippen molar-refractivity contribution in [3.05, 3.63) is 17.7 Å². The smallest absolute Gasteiger partial charge is 0.126 e. The van der Waals surface area contributed by atoms with Crippen molar-refractivity contribution >= 4 is 0 Å². The SMILES string of the molecule is CC(C)c1cnc(C2(C#N)CC2)[nH]1. The molecule has 0 aliphatic heterocycles. The Morgan fingerprint density at radius 2 is 2.31 bits per heavy atom. The molecular formula is C10H13N3. The molecule has 0 aromatic carbocycles. The molecule has 0 saturated heterocycles. The molecule has 0 bridgehead atoms. The Kier molecular flexibility index (Phi) is 1.66. The third kappa shape index (κ3) is 1.23. The Morgan fingerprint density at radius 1 is 1.62 bits per heavy atom. The minimum atomic E-state index is -0.271. The third-order valence-corrected chi connectivity index (χ3v) is 2.63.